The minimum atomic E-state index is -0.176. The maximum atomic E-state index is 13.1. The van der Waals surface area contributed by atoms with E-state index in [0.717, 1.165) is 33.6 Å². The smallest absolute Gasteiger partial charge is 0.270 e. The van der Waals surface area contributed by atoms with E-state index < -0.39 is 0 Å². The molecule has 2 heterocycles. The van der Waals surface area contributed by atoms with E-state index in [4.69, 9.17) is 5.10 Å². The molecule has 1 N–H and O–H groups in total. The number of rotatable bonds is 5. The first kappa shape index (κ1) is 18.6. The Balaban J connectivity index is 1.73. The maximum absolute atomic E-state index is 13.1. The molecule has 2 aromatic carbocycles. The molecule has 2 aromatic heterocycles. The molecule has 0 radical (unpaired) electrons. The van der Waals surface area contributed by atoms with Crippen LogP contribution < -0.4 is 5.32 Å². The summed E-state index contributed by atoms with van der Waals surface area (Å²) in [5.41, 5.74) is 6.25. The third kappa shape index (κ3) is 4.09. The van der Waals surface area contributed by atoms with Gasteiger partial charge in [-0.25, -0.2) is 4.68 Å². The summed E-state index contributed by atoms with van der Waals surface area (Å²) in [7, 11) is 0. The van der Waals surface area contributed by atoms with Crippen molar-refractivity contribution in [1.29, 1.82) is 0 Å². The summed E-state index contributed by atoms with van der Waals surface area (Å²) in [6.45, 7) is 4.47. The number of carbonyl (C=O) groups excluding carboxylic acids is 1. The van der Waals surface area contributed by atoms with E-state index in [9.17, 15) is 4.79 Å². The normalized spacial score (nSPS) is 10.7. The molecule has 0 bridgehead atoms. The molecular weight excluding hydrogens is 360 g/mol. The van der Waals surface area contributed by atoms with Crippen molar-refractivity contribution in [3.63, 3.8) is 0 Å². The van der Waals surface area contributed by atoms with E-state index in [-0.39, 0.29) is 5.91 Å². The topological polar surface area (TPSA) is 59.8 Å². The van der Waals surface area contributed by atoms with Gasteiger partial charge < -0.3 is 5.32 Å². The lowest BCUT2D eigenvalue weighted by molar-refractivity contribution is 0.0943. The number of nitrogens with zero attached hydrogens (tertiary/aromatic N) is 3. The Hall–Kier alpha value is -3.73. The summed E-state index contributed by atoms with van der Waals surface area (Å²) in [6, 6.07) is 21.7. The number of hydrogen-bond donors (Lipinski definition) is 1. The van der Waals surface area contributed by atoms with Crippen molar-refractivity contribution >= 4 is 5.91 Å². The molecule has 0 spiro atoms. The van der Waals surface area contributed by atoms with Crippen LogP contribution in [0.1, 0.15) is 27.2 Å². The number of carbonyl (C=O) groups is 1. The minimum Gasteiger partial charge on any atom is -0.347 e. The minimum absolute atomic E-state index is 0.176. The fourth-order valence-corrected chi connectivity index (χ4v) is 3.20. The molecule has 144 valence electrons. The third-order valence-corrected chi connectivity index (χ3v) is 4.78. The van der Waals surface area contributed by atoms with Crippen LogP contribution in [0.4, 0.5) is 0 Å². The Morgan fingerprint density at radius 3 is 2.59 bits per heavy atom. The quantitative estimate of drug-likeness (QED) is 0.554. The van der Waals surface area contributed by atoms with Gasteiger partial charge in [-0.15, -0.1) is 0 Å². The number of aromatic nitrogens is 3. The molecule has 0 atom stereocenters. The largest absolute Gasteiger partial charge is 0.347 e. The van der Waals surface area contributed by atoms with Gasteiger partial charge in [0.1, 0.15) is 5.69 Å². The summed E-state index contributed by atoms with van der Waals surface area (Å²) < 4.78 is 1.74. The average Bonchev–Trinajstić information content (AvgIpc) is 3.20. The lowest BCUT2D eigenvalue weighted by Crippen LogP contribution is -2.25. The summed E-state index contributed by atoms with van der Waals surface area (Å²) in [5.74, 6) is -0.176. The van der Waals surface area contributed by atoms with Crippen LogP contribution >= 0.6 is 0 Å². The number of aryl methyl sites for hydroxylation is 2. The summed E-state index contributed by atoms with van der Waals surface area (Å²) in [6.07, 6.45) is 3.46. The summed E-state index contributed by atoms with van der Waals surface area (Å²) >= 11 is 0. The van der Waals surface area contributed by atoms with Crippen LogP contribution in [0, 0.1) is 13.8 Å². The maximum Gasteiger partial charge on any atom is 0.270 e. The monoisotopic (exact) mass is 382 g/mol. The van der Waals surface area contributed by atoms with Gasteiger partial charge in [-0.2, -0.15) is 5.10 Å². The average molecular weight is 382 g/mol. The number of pyridine rings is 1. The molecule has 5 nitrogen and oxygen atoms in total. The predicted molar refractivity (Wildman–Crippen MR) is 114 cm³/mol. The van der Waals surface area contributed by atoms with Crippen LogP contribution in [0.2, 0.25) is 0 Å². The molecule has 29 heavy (non-hydrogen) atoms. The van der Waals surface area contributed by atoms with Crippen molar-refractivity contribution in [2.75, 3.05) is 0 Å². The summed E-state index contributed by atoms with van der Waals surface area (Å²) in [5, 5.41) is 7.76. The Morgan fingerprint density at radius 2 is 1.83 bits per heavy atom. The predicted octanol–water partition coefficient (Wildman–Crippen LogP) is 4.48. The Bertz CT molecular complexity index is 1130. The Kier molecular flexibility index (Phi) is 5.20. The Labute approximate surface area is 170 Å². The van der Waals surface area contributed by atoms with E-state index in [2.05, 4.69) is 22.4 Å². The zero-order valence-electron chi connectivity index (χ0n) is 16.5. The first-order chi connectivity index (χ1) is 14.1. The SMILES string of the molecule is Cc1ccc(C)c(-n2nc(-c3ccccc3)cc2C(=O)NCc2cccnc2)c1. The Morgan fingerprint density at radius 1 is 1.00 bits per heavy atom. The van der Waals surface area contributed by atoms with Crippen molar-refractivity contribution < 1.29 is 4.79 Å². The summed E-state index contributed by atoms with van der Waals surface area (Å²) in [4.78, 5) is 17.2. The van der Waals surface area contributed by atoms with Crippen LogP contribution in [0.5, 0.6) is 0 Å². The highest BCUT2D eigenvalue weighted by molar-refractivity contribution is 5.94. The van der Waals surface area contributed by atoms with E-state index in [0.29, 0.717) is 12.2 Å². The first-order valence-electron chi connectivity index (χ1n) is 9.52. The highest BCUT2D eigenvalue weighted by Crippen LogP contribution is 2.24. The molecule has 0 fully saturated rings. The van der Waals surface area contributed by atoms with Gasteiger partial charge in [0.25, 0.3) is 5.91 Å². The molecule has 0 aliphatic heterocycles. The number of amides is 1. The fraction of sp³-hybridized carbons (Fsp3) is 0.125. The van der Waals surface area contributed by atoms with Gasteiger partial charge in [0.05, 0.1) is 11.4 Å². The standard InChI is InChI=1S/C24H22N4O/c1-17-10-11-18(2)22(13-17)28-23(14-21(27-28)20-8-4-3-5-9-20)24(29)26-16-19-7-6-12-25-15-19/h3-15H,16H2,1-2H3,(H,26,29). The molecule has 5 heteroatoms. The molecule has 1 amide bonds. The van der Waals surface area contributed by atoms with Crippen LogP contribution in [-0.4, -0.2) is 20.7 Å². The van der Waals surface area contributed by atoms with Gasteiger partial charge in [-0.3, -0.25) is 9.78 Å². The van der Waals surface area contributed by atoms with Gasteiger partial charge in [0.15, 0.2) is 0 Å². The molecule has 0 aliphatic rings. The van der Waals surface area contributed by atoms with Gasteiger partial charge in [0.2, 0.25) is 0 Å². The molecule has 0 saturated carbocycles. The van der Waals surface area contributed by atoms with Crippen LogP contribution in [-0.2, 0) is 6.54 Å². The fourth-order valence-electron chi connectivity index (χ4n) is 3.20. The van der Waals surface area contributed by atoms with Gasteiger partial charge >= 0.3 is 0 Å². The lowest BCUT2D eigenvalue weighted by atomic mass is 10.1. The molecule has 0 unspecified atom stereocenters. The lowest BCUT2D eigenvalue weighted by Gasteiger charge is -2.11. The van der Waals surface area contributed by atoms with E-state index in [1.54, 1.807) is 17.1 Å². The van der Waals surface area contributed by atoms with Crippen molar-refractivity contribution in [2.45, 2.75) is 20.4 Å². The first-order valence-corrected chi connectivity index (χ1v) is 9.52. The highest BCUT2D eigenvalue weighted by atomic mass is 16.2. The van der Waals surface area contributed by atoms with Crippen LogP contribution in [0.15, 0.2) is 79.1 Å². The van der Waals surface area contributed by atoms with Crippen LogP contribution in [0.3, 0.4) is 0 Å². The molecule has 4 rings (SSSR count). The molecular formula is C24H22N4O. The second kappa shape index (κ2) is 8.10. The third-order valence-electron chi connectivity index (χ3n) is 4.78. The zero-order valence-corrected chi connectivity index (χ0v) is 16.5. The van der Waals surface area contributed by atoms with Gasteiger partial charge in [-0.1, -0.05) is 48.5 Å². The van der Waals surface area contributed by atoms with E-state index in [1.165, 1.54) is 0 Å². The second-order valence-electron chi connectivity index (χ2n) is 7.03. The number of benzene rings is 2. The molecule has 0 aliphatic carbocycles. The van der Waals surface area contributed by atoms with Crippen molar-refractivity contribution in [3.8, 4) is 16.9 Å². The van der Waals surface area contributed by atoms with Crippen molar-refractivity contribution in [2.24, 2.45) is 0 Å². The van der Waals surface area contributed by atoms with Gasteiger partial charge in [-0.05, 0) is 48.7 Å². The van der Waals surface area contributed by atoms with E-state index >= 15 is 0 Å². The zero-order chi connectivity index (χ0) is 20.2. The van der Waals surface area contributed by atoms with Crippen LogP contribution in [0.25, 0.3) is 16.9 Å². The molecule has 0 saturated heterocycles. The van der Waals surface area contributed by atoms with Crippen molar-refractivity contribution in [1.82, 2.24) is 20.1 Å². The van der Waals surface area contributed by atoms with E-state index in [1.807, 2.05) is 68.4 Å². The molecule has 4 aromatic rings. The second-order valence-corrected chi connectivity index (χ2v) is 7.03. The number of nitrogens with one attached hydrogen (secondary N) is 1. The number of hydrogen-bond acceptors (Lipinski definition) is 3. The highest BCUT2D eigenvalue weighted by Gasteiger charge is 2.18. The van der Waals surface area contributed by atoms with Gasteiger partial charge in [0, 0.05) is 24.5 Å². The van der Waals surface area contributed by atoms with Crippen molar-refractivity contribution in [3.05, 3.63) is 102 Å².